The zero-order valence-electron chi connectivity index (χ0n) is 28.0. The van der Waals surface area contributed by atoms with Gasteiger partial charge >= 0.3 is 0 Å². The molecule has 0 aliphatic heterocycles. The molecular weight excluding hydrogens is 637 g/mol. The smallest absolute Gasteiger partial charge is 0.160 e. The third-order valence-electron chi connectivity index (χ3n) is 10.6. The quantitative estimate of drug-likeness (QED) is 0.182. The van der Waals surface area contributed by atoms with Crippen molar-refractivity contribution in [3.63, 3.8) is 0 Å². The van der Waals surface area contributed by atoms with Crippen LogP contribution in [-0.4, -0.2) is 9.97 Å². The maximum Gasteiger partial charge on any atom is 0.160 e. The summed E-state index contributed by atoms with van der Waals surface area (Å²) in [4.78, 5) is 10.3. The Kier molecular flexibility index (Phi) is 6.83. The van der Waals surface area contributed by atoms with Crippen LogP contribution < -0.4 is 0 Å². The number of hydrogen-bond acceptors (Lipinski definition) is 3. The Bertz CT molecular complexity index is 2750. The van der Waals surface area contributed by atoms with Gasteiger partial charge in [-0.3, -0.25) is 0 Å². The van der Waals surface area contributed by atoms with Gasteiger partial charge in [0.05, 0.1) is 11.4 Å². The first-order valence-electron chi connectivity index (χ1n) is 17.4. The minimum atomic E-state index is -0.282. The maximum atomic E-state index is 5.20. The highest BCUT2D eigenvalue weighted by atomic mass is 32.1. The van der Waals surface area contributed by atoms with E-state index in [0.717, 1.165) is 33.9 Å². The van der Waals surface area contributed by atoms with Crippen LogP contribution in [0.2, 0.25) is 0 Å². The first-order valence-corrected chi connectivity index (χ1v) is 18.2. The predicted molar refractivity (Wildman–Crippen MR) is 214 cm³/mol. The van der Waals surface area contributed by atoms with Crippen LogP contribution in [0.5, 0.6) is 0 Å². The van der Waals surface area contributed by atoms with E-state index in [1.54, 1.807) is 0 Å². The number of nitrogens with zero attached hydrogens (tertiary/aromatic N) is 2. The van der Waals surface area contributed by atoms with Gasteiger partial charge in [0.2, 0.25) is 0 Å². The molecule has 1 atom stereocenters. The van der Waals surface area contributed by atoms with E-state index in [1.165, 1.54) is 59.1 Å². The van der Waals surface area contributed by atoms with E-state index >= 15 is 0 Å². The van der Waals surface area contributed by atoms with Crippen molar-refractivity contribution in [2.45, 2.75) is 12.3 Å². The molecular formula is C48H32N2S. The van der Waals surface area contributed by atoms with E-state index in [-0.39, 0.29) is 5.41 Å². The SMILES string of the molecule is CC1(c2ccccc2)c2ccccc2-c2ccc(-c3cc(-c4ccc(-c5ccc6sc7ccccc7c6c5)cc4)nc(-c4ccccc4)n3)cc21. The molecule has 3 heteroatoms. The Balaban J connectivity index is 1.09. The number of aromatic nitrogens is 2. The molecule has 1 aliphatic rings. The molecule has 0 N–H and O–H groups in total. The van der Waals surface area contributed by atoms with Crippen LogP contribution in [0.3, 0.4) is 0 Å². The molecule has 0 saturated heterocycles. The van der Waals surface area contributed by atoms with Crippen LogP contribution in [0.1, 0.15) is 23.6 Å². The molecule has 51 heavy (non-hydrogen) atoms. The predicted octanol–water partition coefficient (Wildman–Crippen LogP) is 12.8. The van der Waals surface area contributed by atoms with Crippen molar-refractivity contribution in [1.82, 2.24) is 9.97 Å². The lowest BCUT2D eigenvalue weighted by Gasteiger charge is -2.28. The summed E-state index contributed by atoms with van der Waals surface area (Å²) in [6, 6.07) is 63.3. The Morgan fingerprint density at radius 3 is 1.84 bits per heavy atom. The molecule has 240 valence electrons. The molecule has 0 radical (unpaired) electrons. The van der Waals surface area contributed by atoms with Crippen LogP contribution in [0.25, 0.3) is 76.3 Å². The van der Waals surface area contributed by atoms with Crippen LogP contribution in [0, 0.1) is 0 Å². The summed E-state index contributed by atoms with van der Waals surface area (Å²) in [5.41, 5.74) is 13.6. The second kappa shape index (κ2) is 11.7. The Morgan fingerprint density at radius 1 is 0.412 bits per heavy atom. The van der Waals surface area contributed by atoms with Crippen LogP contribution in [0.15, 0.2) is 176 Å². The zero-order chi connectivity index (χ0) is 33.9. The minimum absolute atomic E-state index is 0.282. The second-order valence-corrected chi connectivity index (χ2v) is 14.6. The van der Waals surface area contributed by atoms with Gasteiger partial charge in [-0.25, -0.2) is 9.97 Å². The Labute approximate surface area is 301 Å². The van der Waals surface area contributed by atoms with Gasteiger partial charge in [0.15, 0.2) is 5.82 Å². The maximum absolute atomic E-state index is 5.20. The Morgan fingerprint density at radius 2 is 1.02 bits per heavy atom. The first kappa shape index (κ1) is 29.7. The molecule has 0 saturated carbocycles. The van der Waals surface area contributed by atoms with Gasteiger partial charge in [0.1, 0.15) is 0 Å². The van der Waals surface area contributed by atoms with E-state index in [4.69, 9.17) is 9.97 Å². The van der Waals surface area contributed by atoms with Crippen molar-refractivity contribution in [2.75, 3.05) is 0 Å². The molecule has 0 amide bonds. The van der Waals surface area contributed by atoms with Crippen molar-refractivity contribution in [3.8, 4) is 56.2 Å². The molecule has 2 nitrogen and oxygen atoms in total. The van der Waals surface area contributed by atoms with Gasteiger partial charge in [-0.15, -0.1) is 11.3 Å². The van der Waals surface area contributed by atoms with Crippen molar-refractivity contribution < 1.29 is 0 Å². The third kappa shape index (κ3) is 4.85. The summed E-state index contributed by atoms with van der Waals surface area (Å²) in [6.07, 6.45) is 0. The molecule has 9 aromatic rings. The third-order valence-corrected chi connectivity index (χ3v) is 11.8. The molecule has 7 aromatic carbocycles. The van der Waals surface area contributed by atoms with Gasteiger partial charge in [0.25, 0.3) is 0 Å². The zero-order valence-corrected chi connectivity index (χ0v) is 28.9. The normalized spacial score (nSPS) is 14.8. The lowest BCUT2D eigenvalue weighted by atomic mass is 9.74. The van der Waals surface area contributed by atoms with Gasteiger partial charge in [0, 0.05) is 42.3 Å². The molecule has 10 rings (SSSR count). The molecule has 0 bridgehead atoms. The first-order chi connectivity index (χ1) is 25.1. The summed E-state index contributed by atoms with van der Waals surface area (Å²) in [6.45, 7) is 2.36. The van der Waals surface area contributed by atoms with Gasteiger partial charge in [-0.05, 0) is 76.2 Å². The highest BCUT2D eigenvalue weighted by molar-refractivity contribution is 7.25. The Hall–Kier alpha value is -6.16. The molecule has 1 unspecified atom stereocenters. The molecule has 1 aliphatic carbocycles. The van der Waals surface area contributed by atoms with Crippen LogP contribution in [-0.2, 0) is 5.41 Å². The summed E-state index contributed by atoms with van der Waals surface area (Å²) in [5, 5.41) is 2.63. The van der Waals surface area contributed by atoms with Crippen molar-refractivity contribution in [1.29, 1.82) is 0 Å². The summed E-state index contributed by atoms with van der Waals surface area (Å²) in [5.74, 6) is 0.719. The largest absolute Gasteiger partial charge is 0.228 e. The average molecular weight is 669 g/mol. The van der Waals surface area contributed by atoms with E-state index in [1.807, 2.05) is 29.5 Å². The lowest BCUT2D eigenvalue weighted by molar-refractivity contribution is 0.714. The van der Waals surface area contributed by atoms with Crippen molar-refractivity contribution in [2.24, 2.45) is 0 Å². The molecule has 2 aromatic heterocycles. The monoisotopic (exact) mass is 668 g/mol. The summed E-state index contributed by atoms with van der Waals surface area (Å²) in [7, 11) is 0. The topological polar surface area (TPSA) is 25.8 Å². The average Bonchev–Trinajstić information content (AvgIpc) is 3.71. The van der Waals surface area contributed by atoms with Crippen molar-refractivity contribution >= 4 is 31.5 Å². The lowest BCUT2D eigenvalue weighted by Crippen LogP contribution is -2.22. The number of hydrogen-bond donors (Lipinski definition) is 0. The van der Waals surface area contributed by atoms with Gasteiger partial charge in [-0.2, -0.15) is 0 Å². The minimum Gasteiger partial charge on any atom is -0.228 e. The van der Waals surface area contributed by atoms with Gasteiger partial charge < -0.3 is 0 Å². The number of thiophene rings is 1. The van der Waals surface area contributed by atoms with E-state index in [2.05, 4.69) is 165 Å². The fourth-order valence-electron chi connectivity index (χ4n) is 7.93. The number of rotatable bonds is 5. The standard InChI is InChI=1S/C48H32N2S/c1-48(36-14-6-3-7-15-36)41-18-10-8-16-37(41)38-26-24-35(29-42(38)48)44-30-43(49-47(50-44)33-12-4-2-5-13-33)32-22-20-31(21-23-32)34-25-27-46-40(28-34)39-17-9-11-19-45(39)51-46/h2-30H,1H3. The molecule has 0 fully saturated rings. The highest BCUT2D eigenvalue weighted by Gasteiger charge is 2.40. The molecule has 0 spiro atoms. The summed E-state index contributed by atoms with van der Waals surface area (Å²) >= 11 is 1.85. The van der Waals surface area contributed by atoms with E-state index < -0.39 is 0 Å². The van der Waals surface area contributed by atoms with Crippen molar-refractivity contribution in [3.05, 3.63) is 193 Å². The van der Waals surface area contributed by atoms with E-state index in [9.17, 15) is 0 Å². The number of fused-ring (bicyclic) bond motifs is 6. The molecule has 2 heterocycles. The van der Waals surface area contributed by atoms with E-state index in [0.29, 0.717) is 0 Å². The van der Waals surface area contributed by atoms with Crippen LogP contribution >= 0.6 is 11.3 Å². The van der Waals surface area contributed by atoms with Gasteiger partial charge in [-0.1, -0.05) is 146 Å². The second-order valence-electron chi connectivity index (χ2n) is 13.5. The fraction of sp³-hybridized carbons (Fsp3) is 0.0417. The van der Waals surface area contributed by atoms with Crippen LogP contribution in [0.4, 0.5) is 0 Å². The fourth-order valence-corrected chi connectivity index (χ4v) is 9.02. The highest BCUT2D eigenvalue weighted by Crippen LogP contribution is 2.53. The summed E-state index contributed by atoms with van der Waals surface area (Å²) < 4.78 is 2.64. The number of benzene rings is 7.